The summed E-state index contributed by atoms with van der Waals surface area (Å²) in [5, 5.41) is 2.06. The Morgan fingerprint density at radius 2 is 2.30 bits per heavy atom. The van der Waals surface area contributed by atoms with Gasteiger partial charge < -0.3 is 0 Å². The van der Waals surface area contributed by atoms with Crippen LogP contribution in [0.5, 0.6) is 0 Å². The van der Waals surface area contributed by atoms with Crippen LogP contribution in [0.25, 0.3) is 0 Å². The first-order valence-corrected chi connectivity index (χ1v) is 4.05. The molecule has 2 heterocycles. The topological polar surface area (TPSA) is 12.5 Å². The third kappa shape index (κ3) is 1.06. The molecule has 2 atom stereocenters. The lowest BCUT2D eigenvalue weighted by Gasteiger charge is -2.26. The van der Waals surface area contributed by atoms with Crippen molar-refractivity contribution < 1.29 is 4.84 Å². The molecule has 2 radical (unpaired) electrons. The van der Waals surface area contributed by atoms with Crippen LogP contribution in [0, 0.1) is 6.92 Å². The maximum Gasteiger partial charge on any atom is 0.0844 e. The number of rotatable bonds is 0. The summed E-state index contributed by atoms with van der Waals surface area (Å²) in [6.45, 7) is 6.71. The van der Waals surface area contributed by atoms with E-state index in [9.17, 15) is 0 Å². The first-order valence-electron chi connectivity index (χ1n) is 4.05. The summed E-state index contributed by atoms with van der Waals surface area (Å²) >= 11 is 0. The molecule has 2 heteroatoms. The van der Waals surface area contributed by atoms with Gasteiger partial charge in [-0.1, -0.05) is 6.42 Å². The van der Waals surface area contributed by atoms with Gasteiger partial charge in [0.25, 0.3) is 0 Å². The molecule has 0 aromatic heterocycles. The van der Waals surface area contributed by atoms with Crippen molar-refractivity contribution >= 4 is 0 Å². The first kappa shape index (κ1) is 6.62. The average molecular weight is 139 g/mol. The van der Waals surface area contributed by atoms with Crippen LogP contribution in [0.1, 0.15) is 25.7 Å². The van der Waals surface area contributed by atoms with E-state index in [0.717, 1.165) is 13.0 Å². The fraction of sp³-hybridized carbons (Fsp3) is 0.875. The van der Waals surface area contributed by atoms with Crippen molar-refractivity contribution in [3.8, 4) is 0 Å². The van der Waals surface area contributed by atoms with Crippen LogP contribution in [0.3, 0.4) is 0 Å². The van der Waals surface area contributed by atoms with E-state index in [-0.39, 0.29) is 6.10 Å². The Labute approximate surface area is 62.1 Å². The van der Waals surface area contributed by atoms with Gasteiger partial charge in [0.2, 0.25) is 0 Å². The van der Waals surface area contributed by atoms with Crippen LogP contribution in [-0.4, -0.2) is 23.8 Å². The van der Waals surface area contributed by atoms with Crippen molar-refractivity contribution in [3.63, 3.8) is 0 Å². The third-order valence-electron chi connectivity index (χ3n) is 2.35. The molecule has 0 aromatic carbocycles. The normalized spacial score (nSPS) is 41.7. The van der Waals surface area contributed by atoms with Crippen molar-refractivity contribution in [1.29, 1.82) is 0 Å². The zero-order chi connectivity index (χ0) is 6.97. The maximum absolute atomic E-state index is 5.63. The van der Waals surface area contributed by atoms with Crippen molar-refractivity contribution in [3.05, 3.63) is 6.92 Å². The van der Waals surface area contributed by atoms with Gasteiger partial charge in [-0.25, -0.2) is 0 Å². The molecule has 2 saturated heterocycles. The molecule has 0 N–H and O–H groups in total. The molecule has 2 aliphatic rings. The Bertz CT molecular complexity index is 112. The highest BCUT2D eigenvalue weighted by atomic mass is 16.7. The average Bonchev–Trinajstić information content (AvgIpc) is 2.27. The Morgan fingerprint density at radius 3 is 3.10 bits per heavy atom. The molecule has 0 aliphatic carbocycles. The van der Waals surface area contributed by atoms with E-state index in [1.807, 2.05) is 0 Å². The summed E-state index contributed by atoms with van der Waals surface area (Å²) in [4.78, 5) is 5.38. The Kier molecular flexibility index (Phi) is 1.66. The van der Waals surface area contributed by atoms with Crippen LogP contribution in [-0.2, 0) is 4.84 Å². The number of fused-ring (bicyclic) bond motifs is 1. The fourth-order valence-corrected chi connectivity index (χ4v) is 1.83. The van der Waals surface area contributed by atoms with Gasteiger partial charge in [0.05, 0.1) is 6.10 Å². The molecule has 2 nitrogen and oxygen atoms in total. The number of hydrogen-bond donors (Lipinski definition) is 0. The summed E-state index contributed by atoms with van der Waals surface area (Å²) in [5.74, 6) is 0. The van der Waals surface area contributed by atoms with Gasteiger partial charge in [0.15, 0.2) is 0 Å². The minimum atomic E-state index is -0.0249. The second-order valence-electron chi connectivity index (χ2n) is 3.17. The monoisotopic (exact) mass is 139 g/mol. The Hall–Kier alpha value is -0.0800. The van der Waals surface area contributed by atoms with Crippen LogP contribution in [0.2, 0.25) is 0 Å². The lowest BCUT2D eigenvalue weighted by molar-refractivity contribution is -0.161. The van der Waals surface area contributed by atoms with Gasteiger partial charge in [-0.15, -0.1) is 0 Å². The Morgan fingerprint density at radius 1 is 1.40 bits per heavy atom. The molecule has 2 unspecified atom stereocenters. The molecular formula is C8H13NO. The van der Waals surface area contributed by atoms with Crippen molar-refractivity contribution in [2.45, 2.75) is 37.8 Å². The minimum Gasteiger partial charge on any atom is -0.295 e. The zero-order valence-electron chi connectivity index (χ0n) is 6.12. The highest BCUT2D eigenvalue weighted by molar-refractivity contribution is 4.81. The molecule has 0 aromatic rings. The SMILES string of the molecule is [CH]C1CC2CCCCN2O1. The van der Waals surface area contributed by atoms with E-state index in [0.29, 0.717) is 6.04 Å². The smallest absolute Gasteiger partial charge is 0.0844 e. The van der Waals surface area contributed by atoms with Gasteiger partial charge in [-0.3, -0.25) is 4.84 Å². The van der Waals surface area contributed by atoms with Crippen molar-refractivity contribution in [2.24, 2.45) is 0 Å². The zero-order valence-corrected chi connectivity index (χ0v) is 6.12. The standard InChI is InChI=1S/C8H13NO/c1-7-6-8-4-2-3-5-9(8)10-7/h1,7-8H,2-6H2. The van der Waals surface area contributed by atoms with Crippen molar-refractivity contribution in [2.75, 3.05) is 6.54 Å². The number of piperidine rings is 1. The van der Waals surface area contributed by atoms with Gasteiger partial charge in [-0.05, 0) is 26.2 Å². The molecule has 10 heavy (non-hydrogen) atoms. The van der Waals surface area contributed by atoms with Crippen molar-refractivity contribution in [1.82, 2.24) is 5.06 Å². The highest BCUT2D eigenvalue weighted by Gasteiger charge is 2.32. The number of hydroxylamine groups is 2. The van der Waals surface area contributed by atoms with E-state index in [4.69, 9.17) is 11.8 Å². The molecule has 0 bridgehead atoms. The third-order valence-corrected chi connectivity index (χ3v) is 2.35. The molecule has 0 amide bonds. The molecule has 2 fully saturated rings. The quantitative estimate of drug-likeness (QED) is 0.501. The molecule has 2 rings (SSSR count). The van der Waals surface area contributed by atoms with Crippen LogP contribution >= 0.6 is 0 Å². The second-order valence-corrected chi connectivity index (χ2v) is 3.17. The summed E-state index contributed by atoms with van der Waals surface area (Å²) < 4.78 is 0. The van der Waals surface area contributed by atoms with E-state index in [1.54, 1.807) is 0 Å². The summed E-state index contributed by atoms with van der Waals surface area (Å²) in [5.41, 5.74) is 0. The van der Waals surface area contributed by atoms with Gasteiger partial charge in [-0.2, -0.15) is 5.06 Å². The second kappa shape index (κ2) is 2.51. The molecule has 56 valence electrons. The minimum absolute atomic E-state index is 0.0249. The summed E-state index contributed by atoms with van der Waals surface area (Å²) in [7, 11) is 0. The number of hydrogen-bond acceptors (Lipinski definition) is 2. The van der Waals surface area contributed by atoms with Crippen LogP contribution in [0.15, 0.2) is 0 Å². The van der Waals surface area contributed by atoms with E-state index >= 15 is 0 Å². The predicted octanol–water partition coefficient (Wildman–Crippen LogP) is 1.26. The number of nitrogens with zero attached hydrogens (tertiary/aromatic N) is 1. The molecular weight excluding hydrogens is 126 g/mol. The highest BCUT2D eigenvalue weighted by Crippen LogP contribution is 2.28. The van der Waals surface area contributed by atoms with Crippen LogP contribution in [0.4, 0.5) is 0 Å². The molecule has 2 aliphatic heterocycles. The molecule has 0 saturated carbocycles. The van der Waals surface area contributed by atoms with E-state index < -0.39 is 0 Å². The first-order chi connectivity index (χ1) is 4.86. The fourth-order valence-electron chi connectivity index (χ4n) is 1.83. The molecule has 0 spiro atoms. The Balaban J connectivity index is 1.97. The summed E-state index contributed by atoms with van der Waals surface area (Å²) in [6.07, 6.45) is 4.89. The lowest BCUT2D eigenvalue weighted by atomic mass is 10.0. The lowest BCUT2D eigenvalue weighted by Crippen LogP contribution is -2.32. The van der Waals surface area contributed by atoms with Gasteiger partial charge in [0.1, 0.15) is 0 Å². The van der Waals surface area contributed by atoms with E-state index in [1.165, 1.54) is 19.3 Å². The largest absolute Gasteiger partial charge is 0.295 e. The van der Waals surface area contributed by atoms with Crippen LogP contribution < -0.4 is 0 Å². The van der Waals surface area contributed by atoms with Gasteiger partial charge >= 0.3 is 0 Å². The predicted molar refractivity (Wildman–Crippen MR) is 38.1 cm³/mol. The van der Waals surface area contributed by atoms with E-state index in [2.05, 4.69) is 5.06 Å². The maximum atomic E-state index is 5.63. The summed E-state index contributed by atoms with van der Waals surface area (Å²) in [6, 6.07) is 0.628. The van der Waals surface area contributed by atoms with Gasteiger partial charge in [0, 0.05) is 12.6 Å².